The van der Waals surface area contributed by atoms with E-state index in [1.54, 1.807) is 11.3 Å². The Kier molecular flexibility index (Phi) is 4.04. The molecule has 0 saturated carbocycles. The highest BCUT2D eigenvalue weighted by atomic mass is 35.5. The molecule has 2 N–H and O–H groups in total. The van der Waals surface area contributed by atoms with Gasteiger partial charge in [-0.2, -0.15) is 0 Å². The van der Waals surface area contributed by atoms with Crippen molar-refractivity contribution in [3.8, 4) is 0 Å². The second-order valence-electron chi connectivity index (χ2n) is 7.44. The molecule has 2 nitrogen and oxygen atoms in total. The minimum atomic E-state index is 0.388. The van der Waals surface area contributed by atoms with Crippen LogP contribution in [0, 0.1) is 5.92 Å². The number of benzene rings is 1. The fourth-order valence-corrected chi connectivity index (χ4v) is 5.93. The minimum Gasteiger partial charge on any atom is -0.390 e. The van der Waals surface area contributed by atoms with Crippen LogP contribution in [0.3, 0.4) is 0 Å². The van der Waals surface area contributed by atoms with Gasteiger partial charge in [0.15, 0.2) is 0 Å². The van der Waals surface area contributed by atoms with E-state index in [1.165, 1.54) is 27.1 Å². The molecule has 26 heavy (non-hydrogen) atoms. The molecule has 0 bridgehead atoms. The molecule has 2 unspecified atom stereocenters. The molecular weight excluding hydrogens is 360 g/mol. The number of thiophene rings is 1. The van der Waals surface area contributed by atoms with Gasteiger partial charge in [-0.05, 0) is 41.2 Å². The number of nitrogen functional groups attached to an aromatic ring is 1. The summed E-state index contributed by atoms with van der Waals surface area (Å²) in [7, 11) is 0. The topological polar surface area (TPSA) is 29.3 Å². The molecule has 0 fully saturated rings. The fraction of sp³-hybridized carbons (Fsp3) is 0.273. The smallest absolute Gasteiger partial charge is 0.0936 e. The Morgan fingerprint density at radius 3 is 2.88 bits per heavy atom. The number of anilines is 1. The van der Waals surface area contributed by atoms with Crippen molar-refractivity contribution >= 4 is 34.0 Å². The summed E-state index contributed by atoms with van der Waals surface area (Å²) in [6.45, 7) is 3.07. The summed E-state index contributed by atoms with van der Waals surface area (Å²) in [6, 6.07) is 10.7. The standard InChI is InChI=1S/C22H21ClN2S/c23-18-7-6-15-10-19-21-17(8-16(15)9-18)12-25(13-20(21)26-22(19)24)11-14-4-2-1-3-5-14/h1-7,9-10,16-17H,8,11-13,24H2. The molecule has 1 aromatic carbocycles. The van der Waals surface area contributed by atoms with Crippen LogP contribution in [0.1, 0.15) is 33.9 Å². The van der Waals surface area contributed by atoms with Crippen LogP contribution in [-0.2, 0) is 13.1 Å². The van der Waals surface area contributed by atoms with Crippen LogP contribution in [0.2, 0.25) is 0 Å². The lowest BCUT2D eigenvalue weighted by atomic mass is 9.83. The van der Waals surface area contributed by atoms with Crippen molar-refractivity contribution in [2.24, 2.45) is 5.92 Å². The summed E-state index contributed by atoms with van der Waals surface area (Å²) in [5, 5.41) is 1.81. The Bertz CT molecular complexity index is 939. The zero-order valence-corrected chi connectivity index (χ0v) is 16.1. The van der Waals surface area contributed by atoms with E-state index in [2.05, 4.69) is 53.5 Å². The Morgan fingerprint density at radius 2 is 2.04 bits per heavy atom. The number of halogens is 1. The summed E-state index contributed by atoms with van der Waals surface area (Å²) in [5.74, 6) is 0.899. The molecule has 2 aromatic rings. The molecule has 1 aliphatic heterocycles. The average molecular weight is 381 g/mol. The van der Waals surface area contributed by atoms with Crippen molar-refractivity contribution in [3.63, 3.8) is 0 Å². The zero-order chi connectivity index (χ0) is 17.7. The predicted octanol–water partition coefficient (Wildman–Crippen LogP) is 5.53. The molecular formula is C22H21ClN2S. The summed E-state index contributed by atoms with van der Waals surface area (Å²) in [5.41, 5.74) is 11.9. The van der Waals surface area contributed by atoms with Gasteiger partial charge in [0.25, 0.3) is 0 Å². The Hall–Kier alpha value is -1.81. The lowest BCUT2D eigenvalue weighted by molar-refractivity contribution is 0.217. The van der Waals surface area contributed by atoms with Gasteiger partial charge in [0, 0.05) is 41.0 Å². The van der Waals surface area contributed by atoms with Crippen molar-refractivity contribution in [1.82, 2.24) is 4.90 Å². The van der Waals surface area contributed by atoms with Gasteiger partial charge >= 0.3 is 0 Å². The molecule has 3 aliphatic rings. The third kappa shape index (κ3) is 2.84. The van der Waals surface area contributed by atoms with E-state index in [-0.39, 0.29) is 0 Å². The third-order valence-electron chi connectivity index (χ3n) is 5.67. The van der Waals surface area contributed by atoms with Gasteiger partial charge in [0.05, 0.1) is 5.00 Å². The molecule has 0 spiro atoms. The molecule has 5 rings (SSSR count). The number of hydrogen-bond donors (Lipinski definition) is 1. The van der Waals surface area contributed by atoms with Crippen LogP contribution in [0.4, 0.5) is 5.00 Å². The molecule has 2 aliphatic carbocycles. The fourth-order valence-electron chi connectivity index (χ4n) is 4.54. The summed E-state index contributed by atoms with van der Waals surface area (Å²) < 4.78 is 0. The maximum atomic E-state index is 6.43. The second kappa shape index (κ2) is 6.41. The summed E-state index contributed by atoms with van der Waals surface area (Å²) >= 11 is 8.07. The molecule has 2 heterocycles. The second-order valence-corrected chi connectivity index (χ2v) is 9.01. The monoisotopic (exact) mass is 380 g/mol. The van der Waals surface area contributed by atoms with Crippen molar-refractivity contribution in [3.05, 3.63) is 80.7 Å². The molecule has 0 saturated heterocycles. The number of nitrogens with zero attached hydrogens (tertiary/aromatic N) is 1. The van der Waals surface area contributed by atoms with Gasteiger partial charge in [-0.15, -0.1) is 11.3 Å². The minimum absolute atomic E-state index is 0.388. The van der Waals surface area contributed by atoms with Crippen LogP contribution in [0.25, 0.3) is 6.08 Å². The molecule has 132 valence electrons. The SMILES string of the molecule is Nc1sc2c3c1C=C1C=CC(Cl)=CC1CC3CN(Cc1ccccc1)C2. The molecule has 2 atom stereocenters. The highest BCUT2D eigenvalue weighted by Gasteiger charge is 2.35. The van der Waals surface area contributed by atoms with Gasteiger partial charge in [-0.1, -0.05) is 54.1 Å². The van der Waals surface area contributed by atoms with Gasteiger partial charge in [0.2, 0.25) is 0 Å². The van der Waals surface area contributed by atoms with Crippen LogP contribution in [0.15, 0.2) is 59.2 Å². The Balaban J connectivity index is 1.51. The first-order valence-electron chi connectivity index (χ1n) is 9.11. The number of allylic oxidation sites excluding steroid dienone is 5. The Labute approximate surface area is 163 Å². The van der Waals surface area contributed by atoms with E-state index < -0.39 is 0 Å². The van der Waals surface area contributed by atoms with E-state index >= 15 is 0 Å². The highest BCUT2D eigenvalue weighted by Crippen LogP contribution is 2.48. The lowest BCUT2D eigenvalue weighted by Gasteiger charge is -2.34. The number of rotatable bonds is 2. The maximum absolute atomic E-state index is 6.43. The van der Waals surface area contributed by atoms with Gasteiger partial charge < -0.3 is 5.73 Å². The first-order chi connectivity index (χ1) is 12.7. The van der Waals surface area contributed by atoms with E-state index in [0.717, 1.165) is 36.1 Å². The zero-order valence-electron chi connectivity index (χ0n) is 14.5. The lowest BCUT2D eigenvalue weighted by Crippen LogP contribution is -2.33. The quantitative estimate of drug-likeness (QED) is 0.742. The van der Waals surface area contributed by atoms with Crippen LogP contribution in [0.5, 0.6) is 0 Å². The van der Waals surface area contributed by atoms with E-state index in [0.29, 0.717) is 11.8 Å². The van der Waals surface area contributed by atoms with E-state index in [1.807, 2.05) is 6.08 Å². The van der Waals surface area contributed by atoms with Crippen LogP contribution >= 0.6 is 22.9 Å². The highest BCUT2D eigenvalue weighted by molar-refractivity contribution is 7.16. The summed E-state index contributed by atoms with van der Waals surface area (Å²) in [4.78, 5) is 4.01. The maximum Gasteiger partial charge on any atom is 0.0936 e. The van der Waals surface area contributed by atoms with E-state index in [4.69, 9.17) is 17.3 Å². The Morgan fingerprint density at radius 1 is 1.19 bits per heavy atom. The van der Waals surface area contributed by atoms with E-state index in [9.17, 15) is 0 Å². The predicted molar refractivity (Wildman–Crippen MR) is 111 cm³/mol. The molecule has 0 amide bonds. The number of hydrogen-bond acceptors (Lipinski definition) is 3. The van der Waals surface area contributed by atoms with Crippen molar-refractivity contribution in [1.29, 1.82) is 0 Å². The normalized spacial score (nSPS) is 24.3. The largest absolute Gasteiger partial charge is 0.390 e. The van der Waals surface area contributed by atoms with Crippen molar-refractivity contribution in [2.75, 3.05) is 12.3 Å². The third-order valence-corrected chi connectivity index (χ3v) is 6.95. The van der Waals surface area contributed by atoms with Gasteiger partial charge in [-0.3, -0.25) is 4.90 Å². The molecule has 4 heteroatoms. The number of nitrogens with two attached hydrogens (primary N) is 1. The number of fused-ring (bicyclic) bond motifs is 1. The first kappa shape index (κ1) is 16.4. The molecule has 1 aromatic heterocycles. The molecule has 0 radical (unpaired) electrons. The summed E-state index contributed by atoms with van der Waals surface area (Å²) in [6.07, 6.45) is 9.77. The van der Waals surface area contributed by atoms with Crippen molar-refractivity contribution in [2.45, 2.75) is 25.4 Å². The van der Waals surface area contributed by atoms with Crippen molar-refractivity contribution < 1.29 is 0 Å². The van der Waals surface area contributed by atoms with Crippen LogP contribution < -0.4 is 5.73 Å². The van der Waals surface area contributed by atoms with Crippen LogP contribution in [-0.4, -0.2) is 11.4 Å². The first-order valence-corrected chi connectivity index (χ1v) is 10.3. The average Bonchev–Trinajstić information content (AvgIpc) is 2.83. The van der Waals surface area contributed by atoms with Gasteiger partial charge in [-0.25, -0.2) is 0 Å². The van der Waals surface area contributed by atoms with Gasteiger partial charge in [0.1, 0.15) is 0 Å².